The molecule has 5 nitrogen and oxygen atoms in total. The van der Waals surface area contributed by atoms with Crippen LogP contribution in [0.5, 0.6) is 0 Å². The standard InChI is InChI=1S/C12H20N4OS/c1-8-14-15-11(18-8)16-6-5-9(7-16)10(17)13-12(2,3)4/h9H,5-7H2,1-4H3,(H,13,17). The van der Waals surface area contributed by atoms with Crippen molar-refractivity contribution in [1.29, 1.82) is 0 Å². The molecular weight excluding hydrogens is 248 g/mol. The van der Waals surface area contributed by atoms with E-state index in [1.165, 1.54) is 0 Å². The van der Waals surface area contributed by atoms with E-state index >= 15 is 0 Å². The molecule has 0 aromatic carbocycles. The van der Waals surface area contributed by atoms with Gasteiger partial charge in [0, 0.05) is 18.6 Å². The highest BCUT2D eigenvalue weighted by atomic mass is 32.1. The first kappa shape index (κ1) is 13.3. The molecule has 1 amide bonds. The monoisotopic (exact) mass is 268 g/mol. The average molecular weight is 268 g/mol. The van der Waals surface area contributed by atoms with Gasteiger partial charge in [0.05, 0.1) is 5.92 Å². The van der Waals surface area contributed by atoms with Crippen molar-refractivity contribution >= 4 is 22.4 Å². The fourth-order valence-electron chi connectivity index (χ4n) is 2.03. The lowest BCUT2D eigenvalue weighted by atomic mass is 10.0. The lowest BCUT2D eigenvalue weighted by Crippen LogP contribution is -2.44. The normalized spacial score (nSPS) is 20.2. The molecule has 1 unspecified atom stereocenters. The van der Waals surface area contributed by atoms with Crippen molar-refractivity contribution in [2.75, 3.05) is 18.0 Å². The van der Waals surface area contributed by atoms with Gasteiger partial charge in [-0.15, -0.1) is 10.2 Å². The summed E-state index contributed by atoms with van der Waals surface area (Å²) >= 11 is 1.58. The quantitative estimate of drug-likeness (QED) is 0.885. The SMILES string of the molecule is Cc1nnc(N2CCC(C(=O)NC(C)(C)C)C2)s1. The molecule has 18 heavy (non-hydrogen) atoms. The van der Waals surface area contributed by atoms with E-state index < -0.39 is 0 Å². The Bertz CT molecular complexity index is 438. The lowest BCUT2D eigenvalue weighted by molar-refractivity contribution is -0.125. The van der Waals surface area contributed by atoms with Crippen molar-refractivity contribution < 1.29 is 4.79 Å². The zero-order valence-corrected chi connectivity index (χ0v) is 12.2. The van der Waals surface area contributed by atoms with Gasteiger partial charge in [0.1, 0.15) is 5.01 Å². The Balaban J connectivity index is 1.94. The molecule has 1 fully saturated rings. The molecular formula is C12H20N4OS. The summed E-state index contributed by atoms with van der Waals surface area (Å²) in [6.45, 7) is 9.59. The Hall–Kier alpha value is -1.17. The number of nitrogens with zero attached hydrogens (tertiary/aromatic N) is 3. The number of carbonyl (C=O) groups excluding carboxylic acids is 1. The minimum atomic E-state index is -0.163. The predicted octanol–water partition coefficient (Wildman–Crippen LogP) is 1.59. The third-order valence-corrected chi connectivity index (χ3v) is 3.74. The average Bonchev–Trinajstić information content (AvgIpc) is 2.82. The molecule has 1 aliphatic rings. The zero-order valence-electron chi connectivity index (χ0n) is 11.4. The second-order valence-corrected chi connectivity index (χ2v) is 6.93. The fourth-order valence-corrected chi connectivity index (χ4v) is 2.76. The minimum Gasteiger partial charge on any atom is -0.351 e. The highest BCUT2D eigenvalue weighted by Crippen LogP contribution is 2.26. The second kappa shape index (κ2) is 4.84. The van der Waals surface area contributed by atoms with Crippen LogP contribution in [-0.2, 0) is 4.79 Å². The van der Waals surface area contributed by atoms with E-state index in [9.17, 15) is 4.79 Å². The number of amides is 1. The molecule has 6 heteroatoms. The first-order valence-corrected chi connectivity index (χ1v) is 7.04. The molecule has 2 rings (SSSR count). The van der Waals surface area contributed by atoms with Gasteiger partial charge in [0.2, 0.25) is 11.0 Å². The van der Waals surface area contributed by atoms with Crippen LogP contribution in [0, 0.1) is 12.8 Å². The van der Waals surface area contributed by atoms with E-state index in [0.29, 0.717) is 0 Å². The second-order valence-electron chi connectivity index (χ2n) is 5.77. The highest BCUT2D eigenvalue weighted by molar-refractivity contribution is 7.15. The van der Waals surface area contributed by atoms with Gasteiger partial charge in [-0.1, -0.05) is 11.3 Å². The molecule has 0 bridgehead atoms. The van der Waals surface area contributed by atoms with Crippen LogP contribution < -0.4 is 10.2 Å². The van der Waals surface area contributed by atoms with E-state index in [-0.39, 0.29) is 17.4 Å². The molecule has 0 spiro atoms. The summed E-state index contributed by atoms with van der Waals surface area (Å²) in [5, 5.41) is 13.1. The summed E-state index contributed by atoms with van der Waals surface area (Å²) in [6.07, 6.45) is 0.889. The first-order chi connectivity index (χ1) is 8.35. The van der Waals surface area contributed by atoms with E-state index in [2.05, 4.69) is 20.4 Å². The van der Waals surface area contributed by atoms with Crippen LogP contribution >= 0.6 is 11.3 Å². The number of hydrogen-bond acceptors (Lipinski definition) is 5. The molecule has 1 atom stereocenters. The van der Waals surface area contributed by atoms with Gasteiger partial charge in [0.25, 0.3) is 0 Å². The maximum absolute atomic E-state index is 12.1. The van der Waals surface area contributed by atoms with Gasteiger partial charge in [-0.25, -0.2) is 0 Å². The van der Waals surface area contributed by atoms with Crippen LogP contribution in [0.25, 0.3) is 0 Å². The van der Waals surface area contributed by atoms with E-state index in [1.54, 1.807) is 11.3 Å². The third kappa shape index (κ3) is 3.19. The maximum Gasteiger partial charge on any atom is 0.225 e. The Morgan fingerprint density at radius 3 is 2.72 bits per heavy atom. The summed E-state index contributed by atoms with van der Waals surface area (Å²) in [6, 6.07) is 0. The van der Waals surface area contributed by atoms with Crippen molar-refractivity contribution in [2.24, 2.45) is 5.92 Å². The third-order valence-electron chi connectivity index (χ3n) is 2.84. The lowest BCUT2D eigenvalue weighted by Gasteiger charge is -2.23. The molecule has 1 aliphatic heterocycles. The number of aromatic nitrogens is 2. The zero-order chi connectivity index (χ0) is 13.3. The van der Waals surface area contributed by atoms with Crippen molar-refractivity contribution in [1.82, 2.24) is 15.5 Å². The molecule has 1 aromatic heterocycles. The fraction of sp³-hybridized carbons (Fsp3) is 0.750. The van der Waals surface area contributed by atoms with Crippen molar-refractivity contribution in [3.63, 3.8) is 0 Å². The number of aryl methyl sites for hydroxylation is 1. The van der Waals surface area contributed by atoms with Crippen LogP contribution in [0.1, 0.15) is 32.2 Å². The first-order valence-electron chi connectivity index (χ1n) is 6.22. The summed E-state index contributed by atoms with van der Waals surface area (Å²) in [5.41, 5.74) is -0.163. The molecule has 1 saturated heterocycles. The number of anilines is 1. The van der Waals surface area contributed by atoms with E-state index in [4.69, 9.17) is 0 Å². The van der Waals surface area contributed by atoms with Crippen molar-refractivity contribution in [2.45, 2.75) is 39.7 Å². The van der Waals surface area contributed by atoms with Crippen molar-refractivity contribution in [3.8, 4) is 0 Å². The molecule has 2 heterocycles. The van der Waals surface area contributed by atoms with Gasteiger partial charge >= 0.3 is 0 Å². The van der Waals surface area contributed by atoms with Crippen LogP contribution in [-0.4, -0.2) is 34.7 Å². The number of rotatable bonds is 2. The van der Waals surface area contributed by atoms with Crippen molar-refractivity contribution in [3.05, 3.63) is 5.01 Å². The van der Waals surface area contributed by atoms with Gasteiger partial charge in [0.15, 0.2) is 0 Å². The topological polar surface area (TPSA) is 58.1 Å². The molecule has 0 saturated carbocycles. The van der Waals surface area contributed by atoms with Crippen LogP contribution in [0.15, 0.2) is 0 Å². The molecule has 0 radical (unpaired) electrons. The smallest absolute Gasteiger partial charge is 0.225 e. The Morgan fingerprint density at radius 2 is 2.17 bits per heavy atom. The number of carbonyl (C=O) groups is 1. The molecule has 100 valence electrons. The largest absolute Gasteiger partial charge is 0.351 e. The summed E-state index contributed by atoms with van der Waals surface area (Å²) < 4.78 is 0. The Kier molecular flexibility index (Phi) is 3.56. The van der Waals surface area contributed by atoms with Crippen LogP contribution in [0.3, 0.4) is 0 Å². The highest BCUT2D eigenvalue weighted by Gasteiger charge is 2.31. The van der Waals surface area contributed by atoms with Crippen LogP contribution in [0.4, 0.5) is 5.13 Å². The van der Waals surface area contributed by atoms with Crippen LogP contribution in [0.2, 0.25) is 0 Å². The summed E-state index contributed by atoms with van der Waals surface area (Å²) in [5.74, 6) is 0.208. The molecule has 0 aliphatic carbocycles. The van der Waals surface area contributed by atoms with Gasteiger partial charge in [-0.2, -0.15) is 0 Å². The summed E-state index contributed by atoms with van der Waals surface area (Å²) in [4.78, 5) is 14.2. The Labute approximate surface area is 112 Å². The van der Waals surface area contributed by atoms with Gasteiger partial charge < -0.3 is 10.2 Å². The van der Waals surface area contributed by atoms with E-state index in [1.807, 2.05) is 27.7 Å². The number of nitrogens with one attached hydrogen (secondary N) is 1. The Morgan fingerprint density at radius 1 is 1.44 bits per heavy atom. The maximum atomic E-state index is 12.1. The van der Waals surface area contributed by atoms with E-state index in [0.717, 1.165) is 29.6 Å². The molecule has 1 N–H and O–H groups in total. The minimum absolute atomic E-state index is 0.0634. The molecule has 1 aromatic rings. The predicted molar refractivity (Wildman–Crippen MR) is 72.9 cm³/mol. The van der Waals surface area contributed by atoms with Gasteiger partial charge in [-0.05, 0) is 34.1 Å². The summed E-state index contributed by atoms with van der Waals surface area (Å²) in [7, 11) is 0. The van der Waals surface area contributed by atoms with Gasteiger partial charge in [-0.3, -0.25) is 4.79 Å². The number of hydrogen-bond donors (Lipinski definition) is 1.